The van der Waals surface area contributed by atoms with Crippen LogP contribution in [0, 0.1) is 35.8 Å². The molecule has 10 rings (SSSR count). The summed E-state index contributed by atoms with van der Waals surface area (Å²) in [4.78, 5) is 35.4. The van der Waals surface area contributed by atoms with Crippen LogP contribution in [0.2, 0.25) is 0 Å². The fourth-order valence-electron chi connectivity index (χ4n) is 8.91. The van der Waals surface area contributed by atoms with Gasteiger partial charge < -0.3 is 10.6 Å². The highest BCUT2D eigenvalue weighted by molar-refractivity contribution is 9.10. The Morgan fingerprint density at radius 3 is 1.63 bits per heavy atom. The third-order valence-corrected chi connectivity index (χ3v) is 12.6. The maximum Gasteiger partial charge on any atom is 0.261 e. The predicted molar refractivity (Wildman–Crippen MR) is 239 cm³/mol. The van der Waals surface area contributed by atoms with Gasteiger partial charge in [0.05, 0.1) is 21.8 Å². The maximum absolute atomic E-state index is 13.3. The summed E-state index contributed by atoms with van der Waals surface area (Å²) in [5.74, 6) is 9.58. The highest BCUT2D eigenvalue weighted by Gasteiger charge is 2.36. The van der Waals surface area contributed by atoms with Crippen LogP contribution in [-0.2, 0) is 25.9 Å². The SMILES string of the molecule is C#Cc1cccc(F)c1.Cl.O=c1c2ccc(Br)cc2nc2n1CCC1(CCCN1)CC2.O=c1c2ccc(C#Cc3cccc(F)c3)cc2nc2n1CCC1(CCCN1)CC2. The van der Waals surface area contributed by atoms with E-state index in [1.54, 1.807) is 24.3 Å². The first kappa shape index (κ1) is 42.9. The fourth-order valence-corrected chi connectivity index (χ4v) is 9.26. The van der Waals surface area contributed by atoms with Crippen LogP contribution in [0.15, 0.2) is 99.0 Å². The quantitative estimate of drug-likeness (QED) is 0.149. The summed E-state index contributed by atoms with van der Waals surface area (Å²) in [6.45, 7) is 3.66. The number of nitrogens with zero attached hydrogens (tertiary/aromatic N) is 4. The van der Waals surface area contributed by atoms with Crippen LogP contribution in [0.1, 0.15) is 79.7 Å². The minimum absolute atomic E-state index is 0. The second-order valence-corrected chi connectivity index (χ2v) is 16.8. The molecule has 6 heterocycles. The van der Waals surface area contributed by atoms with E-state index in [0.717, 1.165) is 90.7 Å². The lowest BCUT2D eigenvalue weighted by molar-refractivity contribution is 0.322. The van der Waals surface area contributed by atoms with Gasteiger partial charge in [-0.25, -0.2) is 18.7 Å². The highest BCUT2D eigenvalue weighted by Crippen LogP contribution is 2.32. The van der Waals surface area contributed by atoms with E-state index in [9.17, 15) is 18.4 Å². The Bertz CT molecular complexity index is 2780. The lowest BCUT2D eigenvalue weighted by Gasteiger charge is -2.27. The Balaban J connectivity index is 0.000000153. The fraction of sp³-hybridized carbons (Fsp3) is 0.333. The molecular weight excluding hydrogens is 846 g/mol. The molecule has 2 atom stereocenters. The summed E-state index contributed by atoms with van der Waals surface area (Å²) in [7, 11) is 0. The monoisotopic (exact) mass is 890 g/mol. The second kappa shape index (κ2) is 18.6. The van der Waals surface area contributed by atoms with Crippen LogP contribution in [-0.4, -0.2) is 43.3 Å². The van der Waals surface area contributed by atoms with E-state index in [2.05, 4.69) is 44.3 Å². The van der Waals surface area contributed by atoms with E-state index < -0.39 is 0 Å². The molecule has 0 bridgehead atoms. The number of hydrogen-bond acceptors (Lipinski definition) is 6. The Morgan fingerprint density at radius 1 is 0.633 bits per heavy atom. The zero-order valence-electron chi connectivity index (χ0n) is 33.2. The van der Waals surface area contributed by atoms with Crippen molar-refractivity contribution in [2.75, 3.05) is 13.1 Å². The van der Waals surface area contributed by atoms with E-state index in [-0.39, 0.29) is 46.2 Å². The topological polar surface area (TPSA) is 93.8 Å². The van der Waals surface area contributed by atoms with E-state index in [0.29, 0.717) is 28.6 Å². The van der Waals surface area contributed by atoms with Crippen LogP contribution in [0.4, 0.5) is 8.78 Å². The van der Waals surface area contributed by atoms with Gasteiger partial charge in [0.2, 0.25) is 0 Å². The van der Waals surface area contributed by atoms with Crippen molar-refractivity contribution in [1.82, 2.24) is 29.7 Å². The largest absolute Gasteiger partial charge is 0.311 e. The van der Waals surface area contributed by atoms with Crippen molar-refractivity contribution < 1.29 is 8.78 Å². The smallest absolute Gasteiger partial charge is 0.261 e. The third kappa shape index (κ3) is 9.56. The number of nitrogens with one attached hydrogen (secondary N) is 2. The zero-order chi connectivity index (χ0) is 41.0. The Morgan fingerprint density at radius 2 is 1.13 bits per heavy atom. The average molecular weight is 892 g/mol. The van der Waals surface area contributed by atoms with Gasteiger partial charge in [-0.05, 0) is 137 Å². The van der Waals surface area contributed by atoms with Crippen LogP contribution < -0.4 is 21.8 Å². The van der Waals surface area contributed by atoms with Gasteiger partial charge in [0.25, 0.3) is 11.1 Å². The first-order valence-corrected chi connectivity index (χ1v) is 21.1. The summed E-state index contributed by atoms with van der Waals surface area (Å²) in [5, 5.41) is 8.68. The number of aromatic nitrogens is 4. The molecule has 12 heteroatoms. The van der Waals surface area contributed by atoms with Crippen molar-refractivity contribution in [2.45, 2.75) is 88.4 Å². The van der Waals surface area contributed by atoms with Gasteiger partial charge in [0, 0.05) is 58.2 Å². The molecule has 0 saturated carbocycles. The molecule has 2 aromatic heterocycles. The number of terminal acetylenes is 1. The molecule has 0 amide bonds. The minimum Gasteiger partial charge on any atom is -0.311 e. The Labute approximate surface area is 362 Å². The van der Waals surface area contributed by atoms with Gasteiger partial charge >= 0.3 is 0 Å². The van der Waals surface area contributed by atoms with E-state index in [1.807, 2.05) is 45.5 Å². The van der Waals surface area contributed by atoms with Crippen LogP contribution in [0.25, 0.3) is 21.8 Å². The molecule has 0 radical (unpaired) electrons. The molecule has 2 saturated heterocycles. The van der Waals surface area contributed by atoms with Crippen LogP contribution in [0.5, 0.6) is 0 Å². The number of halogens is 4. The zero-order valence-corrected chi connectivity index (χ0v) is 35.6. The number of aryl methyl sites for hydroxylation is 2. The standard InChI is InChI=1S/C24H22FN3O.C16H18BrN3O.C8H5F.ClH/c25-19-4-1-3-17(15-19)5-6-18-7-8-20-21(16-18)27-22-9-11-24(10-2-13-26-24)12-14-28(22)23(20)29;17-11-2-3-12-13(10-11)19-14-4-6-16(5-1-8-18-16)7-9-20(14)15(12)21;1-2-7-4-3-5-8(9)6-7;/h1,3-4,7-8,15-16,26H,2,9-14H2;2-3,10,18H,1,4-9H2;1,3-6H;1H. The Kier molecular flexibility index (Phi) is 13.3. The molecule has 4 aliphatic rings. The minimum atomic E-state index is -0.304. The van der Waals surface area contributed by atoms with Gasteiger partial charge in [-0.3, -0.25) is 18.7 Å². The number of benzene rings is 4. The lowest BCUT2D eigenvalue weighted by atomic mass is 9.89. The highest BCUT2D eigenvalue weighted by atomic mass is 79.9. The van der Waals surface area contributed by atoms with Crippen molar-refractivity contribution in [3.8, 4) is 24.2 Å². The molecule has 2 fully saturated rings. The second-order valence-electron chi connectivity index (χ2n) is 15.9. The van der Waals surface area contributed by atoms with Crippen molar-refractivity contribution in [3.05, 3.63) is 150 Å². The summed E-state index contributed by atoms with van der Waals surface area (Å²) >= 11 is 3.46. The van der Waals surface area contributed by atoms with E-state index >= 15 is 0 Å². The van der Waals surface area contributed by atoms with Crippen molar-refractivity contribution >= 4 is 50.1 Å². The van der Waals surface area contributed by atoms with Gasteiger partial charge in [-0.2, -0.15) is 0 Å². The molecular formula is C48H46BrClF2N6O2. The van der Waals surface area contributed by atoms with Crippen LogP contribution >= 0.6 is 28.3 Å². The van der Waals surface area contributed by atoms with Crippen molar-refractivity contribution in [3.63, 3.8) is 0 Å². The molecule has 2 unspecified atom stereocenters. The molecule has 2 N–H and O–H groups in total. The molecule has 4 aliphatic heterocycles. The average Bonchev–Trinajstić information content (AvgIpc) is 3.82. The van der Waals surface area contributed by atoms with Gasteiger partial charge in [-0.1, -0.05) is 45.8 Å². The number of rotatable bonds is 0. The molecule has 2 spiro atoms. The molecule has 60 heavy (non-hydrogen) atoms. The number of fused-ring (bicyclic) bond motifs is 4. The molecule has 6 aromatic rings. The van der Waals surface area contributed by atoms with Crippen molar-refractivity contribution in [1.29, 1.82) is 0 Å². The molecule has 8 nitrogen and oxygen atoms in total. The van der Waals surface area contributed by atoms with Crippen molar-refractivity contribution in [2.24, 2.45) is 0 Å². The third-order valence-electron chi connectivity index (χ3n) is 12.1. The summed E-state index contributed by atoms with van der Waals surface area (Å²) in [6, 6.07) is 23.4. The number of hydrogen-bond donors (Lipinski definition) is 2. The Hall–Kier alpha value is -5.17. The normalized spacial score (nSPS) is 20.2. The van der Waals surface area contributed by atoms with Gasteiger partial charge in [0.1, 0.15) is 23.3 Å². The lowest BCUT2D eigenvalue weighted by Crippen LogP contribution is -2.40. The first-order valence-electron chi connectivity index (χ1n) is 20.3. The maximum atomic E-state index is 13.3. The first-order chi connectivity index (χ1) is 28.6. The predicted octanol–water partition coefficient (Wildman–Crippen LogP) is 8.24. The van der Waals surface area contributed by atoms with Crippen LogP contribution in [0.3, 0.4) is 0 Å². The van der Waals surface area contributed by atoms with Gasteiger partial charge in [0.15, 0.2) is 0 Å². The molecule has 4 aromatic carbocycles. The van der Waals surface area contributed by atoms with E-state index in [1.165, 1.54) is 49.9 Å². The molecule has 0 aliphatic carbocycles. The summed E-state index contributed by atoms with van der Waals surface area (Å²) in [6.07, 6.45) is 15.6. The van der Waals surface area contributed by atoms with Gasteiger partial charge in [-0.15, -0.1) is 18.8 Å². The van der Waals surface area contributed by atoms with E-state index in [4.69, 9.17) is 16.4 Å². The summed E-state index contributed by atoms with van der Waals surface area (Å²) < 4.78 is 30.3. The summed E-state index contributed by atoms with van der Waals surface area (Å²) in [5.41, 5.74) is 3.98. The molecule has 308 valence electrons.